The molecule has 0 aliphatic heterocycles. The van der Waals surface area contributed by atoms with Crippen LogP contribution in [-0.2, 0) is 17.9 Å². The minimum Gasteiger partial charge on any atom is -0.349 e. The van der Waals surface area contributed by atoms with Gasteiger partial charge in [0.05, 0.1) is 17.6 Å². The molecular weight excluding hydrogens is 274 g/mol. The summed E-state index contributed by atoms with van der Waals surface area (Å²) in [6.07, 6.45) is 6.79. The van der Waals surface area contributed by atoms with Crippen LogP contribution in [0.4, 0.5) is 0 Å². The quantitative estimate of drug-likeness (QED) is 0.916. The predicted octanol–water partition coefficient (Wildman–Crippen LogP) is 3.64. The lowest BCUT2D eigenvalue weighted by Crippen LogP contribution is -2.32. The van der Waals surface area contributed by atoms with Crippen LogP contribution in [0.5, 0.6) is 0 Å². The molecule has 0 atom stereocenters. The lowest BCUT2D eigenvalue weighted by atomic mass is 9.89. The predicted molar refractivity (Wildman–Crippen MR) is 88.4 cm³/mol. The van der Waals surface area contributed by atoms with Crippen molar-refractivity contribution < 1.29 is 4.79 Å². The second kappa shape index (κ2) is 6.95. The van der Waals surface area contributed by atoms with Gasteiger partial charge in [-0.15, -0.1) is 0 Å². The van der Waals surface area contributed by atoms with E-state index < -0.39 is 0 Å². The number of fused-ring (bicyclic) bond motifs is 1. The van der Waals surface area contributed by atoms with E-state index >= 15 is 0 Å². The number of nitrogens with zero attached hydrogens (tertiary/aromatic N) is 2. The van der Waals surface area contributed by atoms with E-state index in [-0.39, 0.29) is 11.8 Å². The number of para-hydroxylation sites is 2. The van der Waals surface area contributed by atoms with E-state index in [1.165, 1.54) is 19.3 Å². The lowest BCUT2D eigenvalue weighted by Gasteiger charge is -2.20. The highest BCUT2D eigenvalue weighted by molar-refractivity contribution is 5.79. The van der Waals surface area contributed by atoms with Gasteiger partial charge in [0.1, 0.15) is 5.82 Å². The largest absolute Gasteiger partial charge is 0.349 e. The average molecular weight is 299 g/mol. The number of aryl methyl sites for hydroxylation is 1. The van der Waals surface area contributed by atoms with Gasteiger partial charge in [0.15, 0.2) is 0 Å². The molecule has 1 amide bonds. The molecule has 2 aromatic rings. The fraction of sp³-hybridized carbons (Fsp3) is 0.556. The molecule has 1 saturated carbocycles. The summed E-state index contributed by atoms with van der Waals surface area (Å²) in [4.78, 5) is 17.0. The van der Waals surface area contributed by atoms with E-state index in [2.05, 4.69) is 22.9 Å². The van der Waals surface area contributed by atoms with Crippen molar-refractivity contribution >= 4 is 16.9 Å². The molecule has 0 unspecified atom stereocenters. The number of aromatic nitrogens is 2. The molecule has 0 saturated heterocycles. The summed E-state index contributed by atoms with van der Waals surface area (Å²) >= 11 is 0. The van der Waals surface area contributed by atoms with Crippen LogP contribution in [0.25, 0.3) is 11.0 Å². The van der Waals surface area contributed by atoms with Gasteiger partial charge in [0.25, 0.3) is 0 Å². The Morgan fingerprint density at radius 1 is 1.27 bits per heavy atom. The van der Waals surface area contributed by atoms with Gasteiger partial charge < -0.3 is 9.88 Å². The van der Waals surface area contributed by atoms with Crippen LogP contribution in [0.2, 0.25) is 0 Å². The molecular formula is C18H25N3O. The molecule has 1 fully saturated rings. The monoisotopic (exact) mass is 299 g/mol. The molecule has 1 heterocycles. The van der Waals surface area contributed by atoms with Crippen LogP contribution in [-0.4, -0.2) is 15.5 Å². The number of hydrogen-bond donors (Lipinski definition) is 1. The Hall–Kier alpha value is -1.84. The van der Waals surface area contributed by atoms with Crippen molar-refractivity contribution in [1.29, 1.82) is 0 Å². The first kappa shape index (κ1) is 15.1. The third kappa shape index (κ3) is 3.16. The van der Waals surface area contributed by atoms with Crippen LogP contribution in [0.3, 0.4) is 0 Å². The summed E-state index contributed by atoms with van der Waals surface area (Å²) in [6.45, 7) is 3.64. The lowest BCUT2D eigenvalue weighted by molar-refractivity contribution is -0.126. The van der Waals surface area contributed by atoms with E-state index in [1.807, 2.05) is 18.2 Å². The molecule has 1 aromatic carbocycles. The van der Waals surface area contributed by atoms with Gasteiger partial charge in [-0.05, 0) is 31.4 Å². The summed E-state index contributed by atoms with van der Waals surface area (Å²) in [5, 5.41) is 3.11. The van der Waals surface area contributed by atoms with E-state index in [4.69, 9.17) is 4.98 Å². The number of carbonyl (C=O) groups is 1. The summed E-state index contributed by atoms with van der Waals surface area (Å²) in [5.74, 6) is 1.37. The van der Waals surface area contributed by atoms with Gasteiger partial charge in [0, 0.05) is 12.5 Å². The minimum atomic E-state index is 0.204. The Morgan fingerprint density at radius 2 is 2.05 bits per heavy atom. The summed E-state index contributed by atoms with van der Waals surface area (Å²) < 4.78 is 2.23. The first-order valence-corrected chi connectivity index (χ1v) is 8.51. The van der Waals surface area contributed by atoms with Crippen LogP contribution < -0.4 is 5.32 Å². The number of amides is 1. The Morgan fingerprint density at radius 3 is 2.82 bits per heavy atom. The molecule has 118 valence electrons. The van der Waals surface area contributed by atoms with Crippen molar-refractivity contribution in [3.05, 3.63) is 30.1 Å². The zero-order valence-corrected chi connectivity index (χ0v) is 13.3. The van der Waals surface area contributed by atoms with Crippen molar-refractivity contribution in [2.45, 2.75) is 58.5 Å². The van der Waals surface area contributed by atoms with Crippen LogP contribution in [0, 0.1) is 5.92 Å². The second-order valence-corrected chi connectivity index (χ2v) is 6.22. The normalized spacial score (nSPS) is 16.0. The molecule has 4 heteroatoms. The third-order valence-corrected chi connectivity index (χ3v) is 4.58. The Balaban J connectivity index is 1.72. The maximum absolute atomic E-state index is 12.3. The standard InChI is InChI=1S/C18H25N3O/c1-2-12-21-16-11-7-6-10-15(16)20-17(21)13-19-18(22)14-8-4-3-5-9-14/h6-7,10-11,14H,2-5,8-9,12-13H2,1H3,(H,19,22). The first-order chi connectivity index (χ1) is 10.8. The van der Waals surface area contributed by atoms with E-state index in [9.17, 15) is 4.79 Å². The van der Waals surface area contributed by atoms with Crippen molar-refractivity contribution in [3.63, 3.8) is 0 Å². The maximum atomic E-state index is 12.3. The fourth-order valence-corrected chi connectivity index (χ4v) is 3.41. The summed E-state index contributed by atoms with van der Waals surface area (Å²) in [7, 11) is 0. The molecule has 1 N–H and O–H groups in total. The highest BCUT2D eigenvalue weighted by Crippen LogP contribution is 2.24. The molecule has 22 heavy (non-hydrogen) atoms. The van der Waals surface area contributed by atoms with Gasteiger partial charge in [-0.3, -0.25) is 4.79 Å². The van der Waals surface area contributed by atoms with Crippen LogP contribution in [0.1, 0.15) is 51.3 Å². The zero-order chi connectivity index (χ0) is 15.4. The summed E-state index contributed by atoms with van der Waals surface area (Å²) in [6, 6.07) is 8.19. The van der Waals surface area contributed by atoms with Gasteiger partial charge in [-0.2, -0.15) is 0 Å². The Labute approximate surface area is 131 Å². The molecule has 4 nitrogen and oxygen atoms in total. The van der Waals surface area contributed by atoms with Gasteiger partial charge >= 0.3 is 0 Å². The highest BCUT2D eigenvalue weighted by atomic mass is 16.1. The smallest absolute Gasteiger partial charge is 0.223 e. The molecule has 1 aromatic heterocycles. The number of hydrogen-bond acceptors (Lipinski definition) is 2. The number of nitrogens with one attached hydrogen (secondary N) is 1. The highest BCUT2D eigenvalue weighted by Gasteiger charge is 2.21. The van der Waals surface area contributed by atoms with E-state index in [0.717, 1.165) is 42.7 Å². The average Bonchev–Trinajstić information content (AvgIpc) is 2.92. The molecule has 1 aliphatic rings. The molecule has 1 aliphatic carbocycles. The molecule has 3 rings (SSSR count). The van der Waals surface area contributed by atoms with Crippen molar-refractivity contribution in [2.24, 2.45) is 5.92 Å². The summed E-state index contributed by atoms with van der Waals surface area (Å²) in [5.41, 5.74) is 2.17. The Bertz CT molecular complexity index is 641. The number of imidazole rings is 1. The molecule has 0 spiro atoms. The fourth-order valence-electron chi connectivity index (χ4n) is 3.41. The second-order valence-electron chi connectivity index (χ2n) is 6.22. The minimum absolute atomic E-state index is 0.204. The number of benzene rings is 1. The van der Waals surface area contributed by atoms with Gasteiger partial charge in [0.2, 0.25) is 5.91 Å². The van der Waals surface area contributed by atoms with E-state index in [1.54, 1.807) is 0 Å². The van der Waals surface area contributed by atoms with Crippen LogP contribution >= 0.6 is 0 Å². The zero-order valence-electron chi connectivity index (χ0n) is 13.3. The van der Waals surface area contributed by atoms with Gasteiger partial charge in [-0.1, -0.05) is 38.3 Å². The molecule has 0 bridgehead atoms. The topological polar surface area (TPSA) is 46.9 Å². The third-order valence-electron chi connectivity index (χ3n) is 4.58. The van der Waals surface area contributed by atoms with Crippen LogP contribution in [0.15, 0.2) is 24.3 Å². The molecule has 0 radical (unpaired) electrons. The first-order valence-electron chi connectivity index (χ1n) is 8.51. The number of carbonyl (C=O) groups excluding carboxylic acids is 1. The SMILES string of the molecule is CCCn1c(CNC(=O)C2CCCCC2)nc2ccccc21. The van der Waals surface area contributed by atoms with Crippen molar-refractivity contribution in [2.75, 3.05) is 0 Å². The Kier molecular flexibility index (Phi) is 4.76. The van der Waals surface area contributed by atoms with Gasteiger partial charge in [-0.25, -0.2) is 4.98 Å². The van der Waals surface area contributed by atoms with Crippen molar-refractivity contribution in [3.8, 4) is 0 Å². The van der Waals surface area contributed by atoms with E-state index in [0.29, 0.717) is 6.54 Å². The maximum Gasteiger partial charge on any atom is 0.223 e. The number of rotatable bonds is 5. The van der Waals surface area contributed by atoms with Crippen molar-refractivity contribution in [1.82, 2.24) is 14.9 Å².